The Balaban J connectivity index is 1.35. The van der Waals surface area contributed by atoms with E-state index in [0.717, 1.165) is 28.9 Å². The first-order valence-corrected chi connectivity index (χ1v) is 14.5. The van der Waals surface area contributed by atoms with E-state index in [1.165, 1.54) is 22.9 Å². The Kier molecular flexibility index (Phi) is 7.81. The third kappa shape index (κ3) is 5.82. The van der Waals surface area contributed by atoms with Gasteiger partial charge in [-0.25, -0.2) is 0 Å². The van der Waals surface area contributed by atoms with Crippen molar-refractivity contribution in [3.8, 4) is 5.69 Å². The minimum Gasteiger partial charge on any atom is -0.345 e. The zero-order chi connectivity index (χ0) is 28.4. The molecule has 0 saturated carbocycles. The summed E-state index contributed by atoms with van der Waals surface area (Å²) in [5.74, 6) is 0.714. The van der Waals surface area contributed by atoms with E-state index in [2.05, 4.69) is 60.6 Å². The normalized spacial score (nSPS) is 12.9. The van der Waals surface area contributed by atoms with Crippen LogP contribution in [0.5, 0.6) is 0 Å². The molecule has 0 aliphatic carbocycles. The first-order chi connectivity index (χ1) is 19.1. The zero-order valence-corrected chi connectivity index (χ0v) is 24.5. The summed E-state index contributed by atoms with van der Waals surface area (Å²) < 4.78 is 1.96. The Labute approximate surface area is 240 Å². The molecule has 7 nitrogen and oxygen atoms in total. The molecule has 3 aromatic carbocycles. The van der Waals surface area contributed by atoms with Crippen LogP contribution in [-0.2, 0) is 23.2 Å². The van der Waals surface area contributed by atoms with Gasteiger partial charge in [0, 0.05) is 17.8 Å². The maximum Gasteiger partial charge on any atom is 0.251 e. The van der Waals surface area contributed by atoms with Gasteiger partial charge in [-0.3, -0.25) is 14.2 Å². The molecule has 2 heterocycles. The molecule has 40 heavy (non-hydrogen) atoms. The molecule has 0 radical (unpaired) electrons. The number of hydrogen-bond donors (Lipinski definition) is 1. The number of fused-ring (bicyclic) bond motifs is 1. The van der Waals surface area contributed by atoms with Crippen molar-refractivity contribution in [2.45, 2.75) is 58.2 Å². The van der Waals surface area contributed by atoms with Gasteiger partial charge in [0.15, 0.2) is 11.0 Å². The van der Waals surface area contributed by atoms with Gasteiger partial charge in [-0.2, -0.15) is 0 Å². The lowest BCUT2D eigenvalue weighted by molar-refractivity contribution is -0.116. The first-order valence-electron chi connectivity index (χ1n) is 13.5. The lowest BCUT2D eigenvalue weighted by Crippen LogP contribution is -2.30. The van der Waals surface area contributed by atoms with Gasteiger partial charge in [-0.15, -0.1) is 10.2 Å². The molecule has 8 heteroatoms. The SMILES string of the molecule is Cc1ccc(C)c(-n2c(CNC(=O)c3ccc(C(C)(C)C)cc3)nnc2SCC(=O)N2CCc3ccccc32)c1. The third-order valence-corrected chi connectivity index (χ3v) is 8.15. The van der Waals surface area contributed by atoms with E-state index in [-0.39, 0.29) is 29.5 Å². The van der Waals surface area contributed by atoms with Crippen molar-refractivity contribution >= 4 is 29.3 Å². The number of rotatable bonds is 7. The monoisotopic (exact) mass is 553 g/mol. The summed E-state index contributed by atoms with van der Waals surface area (Å²) in [6.45, 7) is 11.4. The second-order valence-electron chi connectivity index (χ2n) is 11.2. The van der Waals surface area contributed by atoms with Crippen molar-refractivity contribution in [3.63, 3.8) is 0 Å². The summed E-state index contributed by atoms with van der Waals surface area (Å²) in [7, 11) is 0. The highest BCUT2D eigenvalue weighted by atomic mass is 32.2. The maximum absolute atomic E-state index is 13.2. The second-order valence-corrected chi connectivity index (χ2v) is 12.2. The Morgan fingerprint density at radius 2 is 1.70 bits per heavy atom. The van der Waals surface area contributed by atoms with Crippen molar-refractivity contribution in [2.75, 3.05) is 17.2 Å². The molecule has 206 valence electrons. The van der Waals surface area contributed by atoms with Crippen LogP contribution in [0.1, 0.15) is 59.2 Å². The van der Waals surface area contributed by atoms with E-state index < -0.39 is 0 Å². The Morgan fingerprint density at radius 1 is 0.950 bits per heavy atom. The average Bonchev–Trinajstić information content (AvgIpc) is 3.55. The predicted molar refractivity (Wildman–Crippen MR) is 160 cm³/mol. The number of nitrogens with zero attached hydrogens (tertiary/aromatic N) is 4. The first kappa shape index (κ1) is 27.6. The van der Waals surface area contributed by atoms with Crippen molar-refractivity contribution in [1.82, 2.24) is 20.1 Å². The van der Waals surface area contributed by atoms with Crippen molar-refractivity contribution in [1.29, 1.82) is 0 Å². The molecule has 0 bridgehead atoms. The molecular formula is C32H35N5O2S. The van der Waals surface area contributed by atoms with Crippen LogP contribution in [-0.4, -0.2) is 38.9 Å². The van der Waals surface area contributed by atoms with E-state index in [4.69, 9.17) is 0 Å². The molecule has 0 atom stereocenters. The minimum absolute atomic E-state index is 0.0186. The van der Waals surface area contributed by atoms with Gasteiger partial charge < -0.3 is 10.2 Å². The highest BCUT2D eigenvalue weighted by molar-refractivity contribution is 7.99. The van der Waals surface area contributed by atoms with E-state index in [1.54, 1.807) is 0 Å². The standard InChI is InChI=1S/C32H35N5O2S/c1-21-10-11-22(2)27(18-21)37-28(19-33-30(39)24-12-14-25(15-13-24)32(3,4)5)34-35-31(37)40-20-29(38)36-17-16-23-8-6-7-9-26(23)36/h6-15,18H,16-17,19-20H2,1-5H3,(H,33,39). The molecule has 4 aromatic rings. The highest BCUT2D eigenvalue weighted by Crippen LogP contribution is 2.30. The molecule has 0 unspecified atom stereocenters. The van der Waals surface area contributed by atoms with Gasteiger partial charge in [0.2, 0.25) is 5.91 Å². The van der Waals surface area contributed by atoms with Crippen LogP contribution in [0.2, 0.25) is 0 Å². The van der Waals surface area contributed by atoms with Gasteiger partial charge in [0.25, 0.3) is 5.91 Å². The van der Waals surface area contributed by atoms with Crippen LogP contribution in [0.4, 0.5) is 5.69 Å². The summed E-state index contributed by atoms with van der Waals surface area (Å²) in [5, 5.41) is 12.5. The Morgan fingerprint density at radius 3 is 2.45 bits per heavy atom. The quantitative estimate of drug-likeness (QED) is 0.293. The van der Waals surface area contributed by atoms with Crippen LogP contribution in [0, 0.1) is 13.8 Å². The third-order valence-electron chi connectivity index (χ3n) is 7.24. The molecule has 5 rings (SSSR count). The molecule has 0 saturated heterocycles. The molecule has 0 spiro atoms. The van der Waals surface area contributed by atoms with Crippen LogP contribution >= 0.6 is 11.8 Å². The molecule has 0 fully saturated rings. The van der Waals surface area contributed by atoms with Crippen molar-refractivity contribution < 1.29 is 9.59 Å². The number of anilines is 1. The average molecular weight is 554 g/mol. The fourth-order valence-corrected chi connectivity index (χ4v) is 5.73. The van der Waals surface area contributed by atoms with Crippen molar-refractivity contribution in [3.05, 3.63) is 100 Å². The topological polar surface area (TPSA) is 80.1 Å². The summed E-state index contributed by atoms with van der Waals surface area (Å²) in [6.07, 6.45) is 0.869. The zero-order valence-electron chi connectivity index (χ0n) is 23.7. The molecule has 2 amide bonds. The van der Waals surface area contributed by atoms with Gasteiger partial charge in [-0.1, -0.05) is 75.0 Å². The maximum atomic E-state index is 13.2. The highest BCUT2D eigenvalue weighted by Gasteiger charge is 2.25. The number of aromatic nitrogens is 3. The number of carbonyl (C=O) groups excluding carboxylic acids is 2. The lowest BCUT2D eigenvalue weighted by atomic mass is 9.87. The van der Waals surface area contributed by atoms with Crippen LogP contribution < -0.4 is 10.2 Å². The molecule has 1 N–H and O–H groups in total. The molecular weight excluding hydrogens is 518 g/mol. The van der Waals surface area contributed by atoms with Gasteiger partial charge in [0.05, 0.1) is 18.0 Å². The number of nitrogens with one attached hydrogen (secondary N) is 1. The van der Waals surface area contributed by atoms with E-state index in [0.29, 0.717) is 23.1 Å². The second kappa shape index (κ2) is 11.3. The minimum atomic E-state index is -0.173. The number of carbonyl (C=O) groups is 2. The number of benzene rings is 3. The van der Waals surface area contributed by atoms with E-state index in [1.807, 2.05) is 65.8 Å². The van der Waals surface area contributed by atoms with E-state index in [9.17, 15) is 9.59 Å². The number of thioether (sulfide) groups is 1. The fraction of sp³-hybridized carbons (Fsp3) is 0.312. The lowest BCUT2D eigenvalue weighted by Gasteiger charge is -2.19. The van der Waals surface area contributed by atoms with Crippen molar-refractivity contribution in [2.24, 2.45) is 0 Å². The van der Waals surface area contributed by atoms with Gasteiger partial charge in [-0.05, 0) is 72.2 Å². The summed E-state index contributed by atoms with van der Waals surface area (Å²) in [5.41, 5.74) is 7.06. The molecule has 1 aromatic heterocycles. The number of aryl methyl sites for hydroxylation is 2. The Bertz CT molecular complexity index is 1550. The molecule has 1 aliphatic heterocycles. The van der Waals surface area contributed by atoms with Gasteiger partial charge in [0.1, 0.15) is 0 Å². The largest absolute Gasteiger partial charge is 0.345 e. The number of hydrogen-bond acceptors (Lipinski definition) is 5. The summed E-state index contributed by atoms with van der Waals surface area (Å²) >= 11 is 1.37. The number of para-hydroxylation sites is 1. The van der Waals surface area contributed by atoms with Crippen LogP contribution in [0.3, 0.4) is 0 Å². The van der Waals surface area contributed by atoms with Gasteiger partial charge >= 0.3 is 0 Å². The van der Waals surface area contributed by atoms with Crippen LogP contribution in [0.25, 0.3) is 5.69 Å². The molecule has 1 aliphatic rings. The predicted octanol–water partition coefficient (Wildman–Crippen LogP) is 5.79. The van der Waals surface area contributed by atoms with Crippen LogP contribution in [0.15, 0.2) is 71.9 Å². The van der Waals surface area contributed by atoms with E-state index >= 15 is 0 Å². The smallest absolute Gasteiger partial charge is 0.251 e. The fourth-order valence-electron chi connectivity index (χ4n) is 4.90. The number of amides is 2. The Hall–Kier alpha value is -3.91. The summed E-state index contributed by atoms with van der Waals surface area (Å²) in [4.78, 5) is 28.1. The summed E-state index contributed by atoms with van der Waals surface area (Å²) in [6, 6.07) is 22.0.